The number of nitrogens with two attached hydrogens (primary N) is 1. The third-order valence-corrected chi connectivity index (χ3v) is 3.53. The maximum atomic E-state index is 5.78. The molecule has 17 heavy (non-hydrogen) atoms. The monoisotopic (exact) mass is 341 g/mol. The van der Waals surface area contributed by atoms with Crippen LogP contribution < -0.4 is 11.1 Å². The van der Waals surface area contributed by atoms with Crippen LogP contribution in [0, 0.1) is 10.5 Å². The van der Waals surface area contributed by atoms with Crippen molar-refractivity contribution in [2.75, 3.05) is 11.1 Å². The fourth-order valence-electron chi connectivity index (χ4n) is 1.33. The van der Waals surface area contributed by atoms with Crippen LogP contribution in [-0.4, -0.2) is 15.0 Å². The van der Waals surface area contributed by atoms with Crippen LogP contribution in [0.1, 0.15) is 11.4 Å². The summed E-state index contributed by atoms with van der Waals surface area (Å²) >= 11 is 2.14. The molecular formula is C11H12IN5. The molecule has 0 spiro atoms. The number of nitrogens with zero attached hydrogens (tertiary/aromatic N) is 3. The molecule has 2 heterocycles. The summed E-state index contributed by atoms with van der Waals surface area (Å²) in [5, 5.41) is 3.10. The second-order valence-corrected chi connectivity index (χ2v) is 4.59. The van der Waals surface area contributed by atoms with Crippen molar-refractivity contribution in [3.05, 3.63) is 39.4 Å². The van der Waals surface area contributed by atoms with Gasteiger partial charge in [-0.15, -0.1) is 0 Å². The molecule has 0 aromatic carbocycles. The maximum Gasteiger partial charge on any atom is 0.225 e. The number of rotatable bonds is 3. The van der Waals surface area contributed by atoms with Crippen LogP contribution in [0.15, 0.2) is 24.4 Å². The van der Waals surface area contributed by atoms with Crippen LogP contribution in [0.4, 0.5) is 11.8 Å². The predicted molar refractivity (Wildman–Crippen MR) is 75.5 cm³/mol. The van der Waals surface area contributed by atoms with E-state index in [4.69, 9.17) is 5.73 Å². The molecule has 5 nitrogen and oxygen atoms in total. The lowest BCUT2D eigenvalue weighted by Crippen LogP contribution is -2.08. The van der Waals surface area contributed by atoms with Gasteiger partial charge in [0.1, 0.15) is 5.82 Å². The van der Waals surface area contributed by atoms with Gasteiger partial charge in [-0.1, -0.05) is 6.07 Å². The predicted octanol–water partition coefficient (Wildman–Crippen LogP) is 1.98. The number of aryl methyl sites for hydroxylation is 1. The molecule has 0 radical (unpaired) electrons. The van der Waals surface area contributed by atoms with Crippen LogP contribution in [-0.2, 0) is 6.54 Å². The van der Waals surface area contributed by atoms with Gasteiger partial charge in [0.15, 0.2) is 0 Å². The summed E-state index contributed by atoms with van der Waals surface area (Å²) in [5.41, 5.74) is 7.59. The summed E-state index contributed by atoms with van der Waals surface area (Å²) in [5.74, 6) is 1.03. The minimum atomic E-state index is 0.502. The van der Waals surface area contributed by atoms with Crippen molar-refractivity contribution in [1.29, 1.82) is 0 Å². The first-order chi connectivity index (χ1) is 8.16. The highest BCUT2D eigenvalue weighted by Gasteiger charge is 2.05. The van der Waals surface area contributed by atoms with Gasteiger partial charge in [-0.05, 0) is 41.6 Å². The molecule has 0 aliphatic heterocycles. The van der Waals surface area contributed by atoms with Gasteiger partial charge in [-0.25, -0.2) is 4.98 Å². The number of nitrogen functional groups attached to an aromatic ring is 1. The molecule has 6 heteroatoms. The van der Waals surface area contributed by atoms with Gasteiger partial charge >= 0.3 is 0 Å². The van der Waals surface area contributed by atoms with Crippen molar-refractivity contribution >= 4 is 34.4 Å². The van der Waals surface area contributed by atoms with Crippen molar-refractivity contribution in [3.8, 4) is 0 Å². The fraction of sp³-hybridized carbons (Fsp3) is 0.182. The van der Waals surface area contributed by atoms with Crippen molar-refractivity contribution in [3.63, 3.8) is 0 Å². The van der Waals surface area contributed by atoms with Gasteiger partial charge in [0.25, 0.3) is 0 Å². The molecule has 0 aliphatic carbocycles. The molecule has 0 amide bonds. The van der Waals surface area contributed by atoms with Crippen LogP contribution >= 0.6 is 22.6 Å². The molecule has 0 fully saturated rings. The highest BCUT2D eigenvalue weighted by molar-refractivity contribution is 14.1. The molecule has 0 unspecified atom stereocenters. The zero-order valence-electron chi connectivity index (χ0n) is 9.31. The maximum absolute atomic E-state index is 5.78. The van der Waals surface area contributed by atoms with Crippen LogP contribution in [0.25, 0.3) is 0 Å². The Hall–Kier alpha value is -1.44. The Kier molecular flexibility index (Phi) is 3.72. The minimum absolute atomic E-state index is 0.502. The Bertz CT molecular complexity index is 492. The standard InChI is InChI=1S/C11H12IN5/c1-7-9(12)10(13)17-11(16-7)15-6-8-4-2-3-5-14-8/h2-5H,6H2,1H3,(H3,13,15,16,17). The first-order valence-corrected chi connectivity index (χ1v) is 6.18. The number of aromatic nitrogens is 3. The van der Waals surface area contributed by atoms with Gasteiger partial charge in [0.2, 0.25) is 5.95 Å². The third-order valence-electron chi connectivity index (χ3n) is 2.20. The molecule has 0 saturated heterocycles. The van der Waals surface area contributed by atoms with E-state index in [9.17, 15) is 0 Å². The smallest absolute Gasteiger partial charge is 0.225 e. The van der Waals surface area contributed by atoms with E-state index in [0.717, 1.165) is 15.0 Å². The van der Waals surface area contributed by atoms with Gasteiger partial charge in [-0.3, -0.25) is 4.98 Å². The van der Waals surface area contributed by atoms with E-state index in [2.05, 4.69) is 42.9 Å². The lowest BCUT2D eigenvalue weighted by molar-refractivity contribution is 0.988. The van der Waals surface area contributed by atoms with Crippen LogP contribution in [0.3, 0.4) is 0 Å². The number of anilines is 2. The highest BCUT2D eigenvalue weighted by atomic mass is 127. The Morgan fingerprint density at radius 3 is 2.82 bits per heavy atom. The number of halogens is 1. The van der Waals surface area contributed by atoms with Gasteiger partial charge in [0, 0.05) is 6.20 Å². The molecule has 0 atom stereocenters. The van der Waals surface area contributed by atoms with Gasteiger partial charge in [-0.2, -0.15) is 4.98 Å². The minimum Gasteiger partial charge on any atom is -0.383 e. The Balaban J connectivity index is 2.10. The zero-order valence-corrected chi connectivity index (χ0v) is 11.5. The molecule has 2 rings (SSSR count). The fourth-order valence-corrected chi connectivity index (χ4v) is 1.57. The topological polar surface area (TPSA) is 76.7 Å². The average Bonchev–Trinajstić information content (AvgIpc) is 2.34. The first-order valence-electron chi connectivity index (χ1n) is 5.10. The van der Waals surface area contributed by atoms with E-state index in [-0.39, 0.29) is 0 Å². The SMILES string of the molecule is Cc1nc(NCc2ccccn2)nc(N)c1I. The highest BCUT2D eigenvalue weighted by Crippen LogP contribution is 2.17. The largest absolute Gasteiger partial charge is 0.383 e. The first kappa shape index (κ1) is 12.0. The number of pyridine rings is 1. The van der Waals surface area contributed by atoms with E-state index in [1.165, 1.54) is 0 Å². The molecule has 0 aliphatic rings. The molecule has 3 N–H and O–H groups in total. The van der Waals surface area contributed by atoms with Gasteiger partial charge < -0.3 is 11.1 Å². The summed E-state index contributed by atoms with van der Waals surface area (Å²) in [6.07, 6.45) is 1.76. The summed E-state index contributed by atoms with van der Waals surface area (Å²) < 4.78 is 0.894. The summed E-state index contributed by atoms with van der Waals surface area (Å²) in [4.78, 5) is 12.7. The van der Waals surface area contributed by atoms with Crippen molar-refractivity contribution in [1.82, 2.24) is 15.0 Å². The number of hydrogen-bond donors (Lipinski definition) is 2. The summed E-state index contributed by atoms with van der Waals surface area (Å²) in [6.45, 7) is 2.49. The third kappa shape index (κ3) is 3.02. The van der Waals surface area contributed by atoms with Gasteiger partial charge in [0.05, 0.1) is 21.5 Å². The summed E-state index contributed by atoms with van der Waals surface area (Å²) in [7, 11) is 0. The Morgan fingerprint density at radius 1 is 1.35 bits per heavy atom. The molecule has 88 valence electrons. The lowest BCUT2D eigenvalue weighted by atomic mass is 10.3. The van der Waals surface area contributed by atoms with E-state index in [1.54, 1.807) is 6.20 Å². The molecule has 2 aromatic heterocycles. The van der Waals surface area contributed by atoms with E-state index in [1.807, 2.05) is 25.1 Å². The molecule has 0 bridgehead atoms. The number of hydrogen-bond acceptors (Lipinski definition) is 5. The number of nitrogens with one attached hydrogen (secondary N) is 1. The Morgan fingerprint density at radius 2 is 2.18 bits per heavy atom. The van der Waals surface area contributed by atoms with Crippen LogP contribution in [0.5, 0.6) is 0 Å². The normalized spacial score (nSPS) is 10.2. The van der Waals surface area contributed by atoms with E-state index < -0.39 is 0 Å². The molecular weight excluding hydrogens is 329 g/mol. The van der Waals surface area contributed by atoms with Crippen molar-refractivity contribution < 1.29 is 0 Å². The zero-order chi connectivity index (χ0) is 12.3. The average molecular weight is 341 g/mol. The second kappa shape index (κ2) is 5.26. The molecule has 2 aromatic rings. The second-order valence-electron chi connectivity index (χ2n) is 3.51. The van der Waals surface area contributed by atoms with Crippen LogP contribution in [0.2, 0.25) is 0 Å². The quantitative estimate of drug-likeness (QED) is 0.835. The lowest BCUT2D eigenvalue weighted by Gasteiger charge is -2.07. The van der Waals surface area contributed by atoms with E-state index in [0.29, 0.717) is 18.3 Å². The summed E-state index contributed by atoms with van der Waals surface area (Å²) in [6, 6.07) is 5.77. The molecule has 0 saturated carbocycles. The van der Waals surface area contributed by atoms with Crippen molar-refractivity contribution in [2.45, 2.75) is 13.5 Å². The van der Waals surface area contributed by atoms with Crippen molar-refractivity contribution in [2.24, 2.45) is 0 Å². The van der Waals surface area contributed by atoms with E-state index >= 15 is 0 Å². The Labute approximate surface area is 113 Å².